The average molecular weight is 985 g/mol. The molecule has 0 spiro atoms. The fourth-order valence-corrected chi connectivity index (χ4v) is 6.03. The number of anilines is 2. The first-order valence-corrected chi connectivity index (χ1v) is 20.5. The van der Waals surface area contributed by atoms with Gasteiger partial charge < -0.3 is 68.5 Å². The van der Waals surface area contributed by atoms with Crippen LogP contribution in [0.1, 0.15) is 54.6 Å². The Labute approximate surface area is 392 Å². The number of carbonyl (C=O) groups is 11. The molecule has 3 aromatic rings. The maximum Gasteiger partial charge on any atom is 0.327 e. The molecule has 0 aliphatic heterocycles. The molecule has 0 unspecified atom stereocenters. The molecule has 0 saturated heterocycles. The van der Waals surface area contributed by atoms with Gasteiger partial charge in [-0.25, -0.2) is 19.6 Å². The number of terminal acetylenes is 1. The second-order valence-corrected chi connectivity index (χ2v) is 14.8. The lowest BCUT2D eigenvalue weighted by atomic mass is 10.1. The third-order valence-electron chi connectivity index (χ3n) is 9.18. The molecule has 0 radical (unpaired) electrons. The molecule has 6 atom stereocenters. The summed E-state index contributed by atoms with van der Waals surface area (Å²) in [5.41, 5.74) is 5.77. The number of rotatable bonds is 27. The van der Waals surface area contributed by atoms with Crippen LogP contribution in [0.3, 0.4) is 0 Å². The van der Waals surface area contributed by atoms with Gasteiger partial charge in [-0.15, -0.1) is 12.3 Å². The van der Waals surface area contributed by atoms with Crippen LogP contribution in [0.2, 0.25) is 0 Å². The van der Waals surface area contributed by atoms with Gasteiger partial charge in [0.1, 0.15) is 36.3 Å². The Hall–Kier alpha value is -8.88. The fourth-order valence-electron chi connectivity index (χ4n) is 5.78. The molecular formula is C39H44N12O17S. The van der Waals surface area contributed by atoms with E-state index in [1.54, 1.807) is 0 Å². The van der Waals surface area contributed by atoms with Crippen LogP contribution in [0.4, 0.5) is 11.6 Å². The molecule has 0 aliphatic carbocycles. The van der Waals surface area contributed by atoms with Gasteiger partial charge in [0.25, 0.3) is 11.5 Å². The van der Waals surface area contributed by atoms with Gasteiger partial charge in [0.2, 0.25) is 35.5 Å². The Kier molecular flexibility index (Phi) is 20.3. The molecule has 0 fully saturated rings. The molecule has 0 saturated carbocycles. The number of aromatic amines is 1. The van der Waals surface area contributed by atoms with Crippen molar-refractivity contribution in [1.82, 2.24) is 51.8 Å². The number of carbonyl (C=O) groups excluding carboxylic acids is 6. The van der Waals surface area contributed by atoms with Gasteiger partial charge in [-0.1, -0.05) is 0 Å². The number of carboxylic acid groups (broad SMARTS) is 5. The summed E-state index contributed by atoms with van der Waals surface area (Å²) in [6, 6.07) is -5.58. The summed E-state index contributed by atoms with van der Waals surface area (Å²) in [5, 5.41) is 62.4. The molecule has 2 heterocycles. The number of nitrogens with one attached hydrogen (secondary N) is 8. The van der Waals surface area contributed by atoms with Gasteiger partial charge in [0, 0.05) is 29.8 Å². The van der Waals surface area contributed by atoms with E-state index >= 15 is 0 Å². The molecule has 29 nitrogen and oxygen atoms in total. The van der Waals surface area contributed by atoms with Crippen molar-refractivity contribution in [1.29, 1.82) is 0 Å². The first-order chi connectivity index (χ1) is 32.5. The molecule has 2 aromatic heterocycles. The number of nitrogens with two attached hydrogens (primary N) is 1. The zero-order valence-electron chi connectivity index (χ0n) is 35.6. The quantitative estimate of drug-likeness (QED) is 0.0254. The van der Waals surface area contributed by atoms with Gasteiger partial charge in [-0.3, -0.25) is 52.9 Å². The van der Waals surface area contributed by atoms with Gasteiger partial charge in [0.05, 0.1) is 37.7 Å². The third-order valence-corrected chi connectivity index (χ3v) is 9.54. The molecular weight excluding hydrogens is 941 g/mol. The lowest BCUT2D eigenvalue weighted by molar-refractivity contribution is -0.144. The Morgan fingerprint density at radius 1 is 0.681 bits per heavy atom. The summed E-state index contributed by atoms with van der Waals surface area (Å²) in [6.45, 7) is 0.0909. The van der Waals surface area contributed by atoms with E-state index in [0.717, 1.165) is 0 Å². The zero-order valence-corrected chi connectivity index (χ0v) is 36.5. The maximum atomic E-state index is 13.3. The maximum absolute atomic E-state index is 13.3. The van der Waals surface area contributed by atoms with Crippen LogP contribution >= 0.6 is 12.6 Å². The fraction of sp³-hybridized carbons (Fsp3) is 0.359. The van der Waals surface area contributed by atoms with Crippen LogP contribution < -0.4 is 48.5 Å². The van der Waals surface area contributed by atoms with Crippen LogP contribution in [0.15, 0.2) is 35.3 Å². The predicted molar refractivity (Wildman–Crippen MR) is 236 cm³/mol. The summed E-state index contributed by atoms with van der Waals surface area (Å²) in [6.07, 6.45) is 1.29. The molecule has 1 aromatic carbocycles. The highest BCUT2D eigenvalue weighted by Gasteiger charge is 2.34. The number of fused-ring (bicyclic) bond motifs is 1. The Morgan fingerprint density at radius 2 is 1.17 bits per heavy atom. The van der Waals surface area contributed by atoms with E-state index in [1.165, 1.54) is 30.5 Å². The number of H-pyrrole nitrogens is 1. The molecule has 0 bridgehead atoms. The number of carboxylic acids is 5. The zero-order chi connectivity index (χ0) is 51.5. The van der Waals surface area contributed by atoms with Gasteiger partial charge in [-0.05, 0) is 30.7 Å². The monoisotopic (exact) mass is 984 g/mol. The summed E-state index contributed by atoms with van der Waals surface area (Å²) >= 11 is 3.77. The number of nitrogen functional groups attached to an aromatic ring is 1. The minimum absolute atomic E-state index is 0.000905. The molecule has 6 amide bonds. The standard InChI is InChI=1S/C39H44N12O17S/c1-2-3-19(32(60)47-22(11-27(55)56)34(62)48-23(12-28(57)58)35(63)49-24(15-69)38(67)68)45-33(61)21(10-26(53)54)44-25(52)9-8-20(37(65)66)46-31(59)16-4-6-17(7-5-16)41-13-18-14-42-30-29(43-18)36(64)51-39(40)50-30/h1,4-7,14,19-24,41,69H,3,8-13,15H2,(H,44,52)(H,45,61)(H,46,59)(H,47,60)(H,48,62)(H,49,63)(H,53,54)(H,55,56)(H,57,58)(H,65,66)(H,67,68)(H3,40,42,50,51,64)/t19-,20-,21-,22-,23-,24-/m0/s1. The van der Waals surface area contributed by atoms with Crippen LogP contribution in [0.25, 0.3) is 11.2 Å². The highest BCUT2D eigenvalue weighted by atomic mass is 32.1. The lowest BCUT2D eigenvalue weighted by Gasteiger charge is -2.25. The Bertz CT molecular complexity index is 2590. The van der Waals surface area contributed by atoms with Crippen LogP contribution in [-0.4, -0.2) is 153 Å². The number of thiol groups is 1. The van der Waals surface area contributed by atoms with E-state index in [0.29, 0.717) is 11.4 Å². The molecule has 30 heteroatoms. The number of hydrogen-bond acceptors (Lipinski definition) is 18. The smallest absolute Gasteiger partial charge is 0.327 e. The van der Waals surface area contributed by atoms with Crippen LogP contribution in [0, 0.1) is 12.3 Å². The van der Waals surface area contributed by atoms with Crippen molar-refractivity contribution < 1.29 is 78.3 Å². The van der Waals surface area contributed by atoms with E-state index in [4.69, 9.17) is 12.2 Å². The van der Waals surface area contributed by atoms with Gasteiger partial charge in [-0.2, -0.15) is 17.6 Å². The number of hydrogen-bond donors (Lipinski definition) is 15. The number of aromatic nitrogens is 4. The first-order valence-electron chi connectivity index (χ1n) is 19.8. The van der Waals surface area contributed by atoms with Crippen molar-refractivity contribution >= 4 is 101 Å². The predicted octanol–water partition coefficient (Wildman–Crippen LogP) is -4.24. The summed E-state index contributed by atoms with van der Waals surface area (Å²) in [5.74, 6) is -14.1. The van der Waals surface area contributed by atoms with Crippen molar-refractivity contribution in [3.05, 3.63) is 52.1 Å². The highest BCUT2D eigenvalue weighted by Crippen LogP contribution is 2.13. The van der Waals surface area contributed by atoms with Crippen LogP contribution in [-0.2, 0) is 54.5 Å². The van der Waals surface area contributed by atoms with Crippen molar-refractivity contribution in [2.24, 2.45) is 0 Å². The summed E-state index contributed by atoms with van der Waals surface area (Å²) in [7, 11) is 0. The van der Waals surface area contributed by atoms with E-state index < -0.39 is 151 Å². The second-order valence-electron chi connectivity index (χ2n) is 14.4. The molecule has 0 aliphatic rings. The van der Waals surface area contributed by atoms with Gasteiger partial charge >= 0.3 is 29.8 Å². The average Bonchev–Trinajstić information content (AvgIpc) is 3.27. The minimum Gasteiger partial charge on any atom is -0.481 e. The van der Waals surface area contributed by atoms with E-state index in [-0.39, 0.29) is 29.2 Å². The number of amides is 6. The van der Waals surface area contributed by atoms with Crippen molar-refractivity contribution in [2.75, 3.05) is 16.8 Å². The number of benzene rings is 1. The van der Waals surface area contributed by atoms with E-state index in [1.807, 2.05) is 21.9 Å². The van der Waals surface area contributed by atoms with Crippen LogP contribution in [0.5, 0.6) is 0 Å². The highest BCUT2D eigenvalue weighted by molar-refractivity contribution is 7.80. The summed E-state index contributed by atoms with van der Waals surface area (Å²) < 4.78 is 0. The van der Waals surface area contributed by atoms with Crippen molar-refractivity contribution in [3.8, 4) is 12.3 Å². The molecule has 368 valence electrons. The molecule has 3 rings (SSSR count). The normalized spacial score (nSPS) is 13.3. The lowest BCUT2D eigenvalue weighted by Crippen LogP contribution is -2.59. The van der Waals surface area contributed by atoms with Gasteiger partial charge in [0.15, 0.2) is 11.2 Å². The van der Waals surface area contributed by atoms with E-state index in [9.17, 15) is 83.1 Å². The topological polar surface area (TPSA) is 471 Å². The summed E-state index contributed by atoms with van der Waals surface area (Å²) in [4.78, 5) is 163. The number of aliphatic carboxylic acids is 5. The third kappa shape index (κ3) is 17.5. The second kappa shape index (κ2) is 25.7. The Balaban J connectivity index is 1.64. The SMILES string of the molecule is C#CC[C@H](NC(=O)[C@H](CC(=O)O)NC(=O)CC[C@H](NC(=O)c1ccc(NCc2cnc3nc(N)[nH]c(=O)c3n2)cc1)C(=O)O)C(=O)N[C@@H](CC(=O)O)C(=O)N[C@@H](CC(=O)O)C(=O)N[C@@H](CS)C(=O)O. The van der Waals surface area contributed by atoms with Crippen molar-refractivity contribution in [2.45, 2.75) is 81.3 Å². The van der Waals surface area contributed by atoms with Crippen molar-refractivity contribution in [3.63, 3.8) is 0 Å². The van der Waals surface area contributed by atoms with E-state index in [2.05, 4.69) is 53.8 Å². The molecule has 69 heavy (non-hydrogen) atoms. The first kappa shape index (κ1) is 54.5. The Morgan fingerprint density at radius 3 is 1.67 bits per heavy atom. The number of nitrogens with zero attached hydrogens (tertiary/aromatic N) is 3. The largest absolute Gasteiger partial charge is 0.481 e. The minimum atomic E-state index is -2.10. The molecule has 15 N–H and O–H groups in total.